The molecule has 0 aliphatic carbocycles. The second kappa shape index (κ2) is 9.69. The average Bonchev–Trinajstić information content (AvgIpc) is 2.59. The number of hydrogen-bond acceptors (Lipinski definition) is 6. The van der Waals surface area contributed by atoms with Crippen LogP contribution in [0.3, 0.4) is 0 Å². The van der Waals surface area contributed by atoms with Crippen molar-refractivity contribution in [3.8, 4) is 5.75 Å². The van der Waals surface area contributed by atoms with Crippen molar-refractivity contribution in [3.05, 3.63) is 47.1 Å². The Hall–Kier alpha value is -2.38. The van der Waals surface area contributed by atoms with Gasteiger partial charge >= 0.3 is 5.97 Å². The van der Waals surface area contributed by atoms with Gasteiger partial charge in [-0.1, -0.05) is 11.6 Å². The number of benzene rings is 1. The van der Waals surface area contributed by atoms with E-state index in [1.165, 1.54) is 12.1 Å². The van der Waals surface area contributed by atoms with Gasteiger partial charge < -0.3 is 20.5 Å². The molecule has 1 aromatic heterocycles. The van der Waals surface area contributed by atoms with E-state index in [4.69, 9.17) is 21.4 Å². The minimum Gasteiger partial charge on any atom is -0.494 e. The van der Waals surface area contributed by atoms with Crippen LogP contribution in [-0.2, 0) is 0 Å². The van der Waals surface area contributed by atoms with Crippen molar-refractivity contribution in [1.82, 2.24) is 15.5 Å². The number of aromatic carboxylic acids is 1. The maximum absolute atomic E-state index is 10.7. The first-order valence-electron chi connectivity index (χ1n) is 7.55. The number of hydrogen-bond donors (Lipinski definition) is 3. The van der Waals surface area contributed by atoms with Crippen LogP contribution in [0.1, 0.15) is 16.8 Å². The van der Waals surface area contributed by atoms with Crippen molar-refractivity contribution in [2.45, 2.75) is 6.42 Å². The second-order valence-electron chi connectivity index (χ2n) is 4.95. The predicted molar refractivity (Wildman–Crippen MR) is 91.9 cm³/mol. The molecular formula is C16H19ClN4O3. The van der Waals surface area contributed by atoms with Crippen LogP contribution in [0, 0.1) is 0 Å². The third-order valence-electron chi connectivity index (χ3n) is 3.11. The molecule has 3 N–H and O–H groups in total. The van der Waals surface area contributed by atoms with Crippen LogP contribution in [0.15, 0.2) is 36.4 Å². The van der Waals surface area contributed by atoms with Crippen LogP contribution >= 0.6 is 11.6 Å². The Morgan fingerprint density at radius 2 is 1.88 bits per heavy atom. The summed E-state index contributed by atoms with van der Waals surface area (Å²) in [5.74, 6) is 0.418. The zero-order valence-corrected chi connectivity index (χ0v) is 13.8. The van der Waals surface area contributed by atoms with Crippen molar-refractivity contribution in [2.75, 3.05) is 31.6 Å². The van der Waals surface area contributed by atoms with Crippen LogP contribution in [-0.4, -0.2) is 47.5 Å². The number of rotatable bonds is 10. The minimum atomic E-state index is -0.941. The van der Waals surface area contributed by atoms with Crippen LogP contribution in [0.25, 0.3) is 0 Å². The number of ether oxygens (including phenoxy) is 1. The third kappa shape index (κ3) is 6.39. The van der Waals surface area contributed by atoms with Gasteiger partial charge in [0, 0.05) is 13.1 Å². The molecule has 7 nitrogen and oxygen atoms in total. The summed E-state index contributed by atoms with van der Waals surface area (Å²) in [6.45, 7) is 2.90. The van der Waals surface area contributed by atoms with E-state index in [0.29, 0.717) is 23.3 Å². The van der Waals surface area contributed by atoms with Gasteiger partial charge in [0.2, 0.25) is 0 Å². The van der Waals surface area contributed by atoms with Gasteiger partial charge in [-0.05, 0) is 49.4 Å². The molecule has 0 radical (unpaired) electrons. The molecule has 0 saturated carbocycles. The Labute approximate surface area is 145 Å². The summed E-state index contributed by atoms with van der Waals surface area (Å²) in [7, 11) is 0. The summed E-state index contributed by atoms with van der Waals surface area (Å²) >= 11 is 5.66. The van der Waals surface area contributed by atoms with E-state index in [9.17, 15) is 4.79 Å². The zero-order chi connectivity index (χ0) is 17.2. The van der Waals surface area contributed by atoms with E-state index >= 15 is 0 Å². The number of halogens is 1. The lowest BCUT2D eigenvalue weighted by Gasteiger charge is -2.08. The van der Waals surface area contributed by atoms with Gasteiger partial charge in [0.15, 0.2) is 5.15 Å². The summed E-state index contributed by atoms with van der Waals surface area (Å²) in [4.78, 5) is 10.7. The molecule has 0 amide bonds. The molecule has 0 aliphatic rings. The summed E-state index contributed by atoms with van der Waals surface area (Å²) in [5.41, 5.74) is 0.252. The third-order valence-corrected chi connectivity index (χ3v) is 3.31. The van der Waals surface area contributed by atoms with E-state index < -0.39 is 5.97 Å². The highest BCUT2D eigenvalue weighted by Crippen LogP contribution is 2.12. The van der Waals surface area contributed by atoms with E-state index in [2.05, 4.69) is 20.8 Å². The monoisotopic (exact) mass is 350 g/mol. The van der Waals surface area contributed by atoms with Gasteiger partial charge in [-0.25, -0.2) is 4.79 Å². The fraction of sp³-hybridized carbons (Fsp3) is 0.312. The standard InChI is InChI=1S/C16H19ClN4O3/c17-14-6-7-15(21-20-14)19-10-9-18-8-1-11-24-13-4-2-12(3-5-13)16(22)23/h2-7,18H,1,8-11H2,(H,19,21)(H,22,23). The Kier molecular flexibility index (Phi) is 7.25. The normalized spacial score (nSPS) is 10.4. The average molecular weight is 351 g/mol. The van der Waals surface area contributed by atoms with Crippen molar-refractivity contribution >= 4 is 23.4 Å². The number of carbonyl (C=O) groups is 1. The summed E-state index contributed by atoms with van der Waals surface area (Å²) < 4.78 is 5.55. The molecule has 2 aromatic rings. The highest BCUT2D eigenvalue weighted by molar-refractivity contribution is 6.29. The highest BCUT2D eigenvalue weighted by atomic mass is 35.5. The van der Waals surface area contributed by atoms with E-state index in [1.54, 1.807) is 24.3 Å². The lowest BCUT2D eigenvalue weighted by Crippen LogP contribution is -2.24. The van der Waals surface area contributed by atoms with Crippen LogP contribution in [0.2, 0.25) is 5.15 Å². The molecule has 0 saturated heterocycles. The molecule has 0 atom stereocenters. The molecule has 1 heterocycles. The number of aromatic nitrogens is 2. The summed E-state index contributed by atoms with van der Waals surface area (Å²) in [6, 6.07) is 9.84. The lowest BCUT2D eigenvalue weighted by molar-refractivity contribution is 0.0697. The Morgan fingerprint density at radius 1 is 1.08 bits per heavy atom. The SMILES string of the molecule is O=C(O)c1ccc(OCCCNCCNc2ccc(Cl)nn2)cc1. The maximum atomic E-state index is 10.7. The van der Waals surface area contributed by atoms with E-state index in [0.717, 1.165) is 26.1 Å². The number of anilines is 1. The summed E-state index contributed by atoms with van der Waals surface area (Å²) in [6.07, 6.45) is 0.849. The lowest BCUT2D eigenvalue weighted by atomic mass is 10.2. The first kappa shape index (κ1) is 18.0. The molecule has 0 fully saturated rings. The van der Waals surface area contributed by atoms with E-state index in [-0.39, 0.29) is 5.56 Å². The zero-order valence-electron chi connectivity index (χ0n) is 13.0. The van der Waals surface area contributed by atoms with Crippen molar-refractivity contribution in [3.63, 3.8) is 0 Å². The number of nitrogens with one attached hydrogen (secondary N) is 2. The van der Waals surface area contributed by atoms with Gasteiger partial charge in [0.05, 0.1) is 12.2 Å². The summed E-state index contributed by atoms with van der Waals surface area (Å²) in [5, 5.41) is 23.2. The molecule has 0 aliphatic heterocycles. The van der Waals surface area contributed by atoms with Gasteiger partial charge in [0.1, 0.15) is 11.6 Å². The largest absolute Gasteiger partial charge is 0.494 e. The number of carboxylic acid groups (broad SMARTS) is 1. The first-order valence-corrected chi connectivity index (χ1v) is 7.93. The molecule has 8 heteroatoms. The van der Waals surface area contributed by atoms with Crippen LogP contribution < -0.4 is 15.4 Å². The molecule has 1 aromatic carbocycles. The molecule has 0 bridgehead atoms. The van der Waals surface area contributed by atoms with Gasteiger partial charge in [-0.3, -0.25) is 0 Å². The van der Waals surface area contributed by atoms with Crippen molar-refractivity contribution in [2.24, 2.45) is 0 Å². The first-order chi connectivity index (χ1) is 11.6. The minimum absolute atomic E-state index is 0.252. The molecule has 24 heavy (non-hydrogen) atoms. The number of carboxylic acids is 1. The fourth-order valence-electron chi connectivity index (χ4n) is 1.90. The van der Waals surface area contributed by atoms with Crippen LogP contribution in [0.5, 0.6) is 5.75 Å². The van der Waals surface area contributed by atoms with Crippen molar-refractivity contribution in [1.29, 1.82) is 0 Å². The smallest absolute Gasteiger partial charge is 0.335 e. The van der Waals surface area contributed by atoms with Gasteiger partial charge in [-0.2, -0.15) is 0 Å². The Morgan fingerprint density at radius 3 is 2.54 bits per heavy atom. The molecule has 0 spiro atoms. The Balaban J connectivity index is 1.50. The quantitative estimate of drug-likeness (QED) is 0.566. The Bertz CT molecular complexity index is 635. The predicted octanol–water partition coefficient (Wildman–Crippen LogP) is 2.30. The molecular weight excluding hydrogens is 332 g/mol. The van der Waals surface area contributed by atoms with Gasteiger partial charge in [0.25, 0.3) is 0 Å². The maximum Gasteiger partial charge on any atom is 0.335 e. The van der Waals surface area contributed by atoms with E-state index in [1.807, 2.05) is 0 Å². The number of nitrogens with zero attached hydrogens (tertiary/aromatic N) is 2. The van der Waals surface area contributed by atoms with Crippen LogP contribution in [0.4, 0.5) is 5.82 Å². The second-order valence-corrected chi connectivity index (χ2v) is 5.34. The fourth-order valence-corrected chi connectivity index (χ4v) is 2.00. The van der Waals surface area contributed by atoms with Crippen molar-refractivity contribution < 1.29 is 14.6 Å². The molecule has 2 rings (SSSR count). The van der Waals surface area contributed by atoms with Gasteiger partial charge in [-0.15, -0.1) is 10.2 Å². The highest BCUT2D eigenvalue weighted by Gasteiger charge is 2.01. The topological polar surface area (TPSA) is 96.4 Å². The molecule has 0 unspecified atom stereocenters. The molecule has 128 valence electrons.